The van der Waals surface area contributed by atoms with E-state index < -0.39 is 0 Å². The summed E-state index contributed by atoms with van der Waals surface area (Å²) >= 11 is 1.49. The van der Waals surface area contributed by atoms with Crippen molar-refractivity contribution in [3.63, 3.8) is 0 Å². The zero-order chi connectivity index (χ0) is 16.5. The van der Waals surface area contributed by atoms with Crippen LogP contribution in [0.25, 0.3) is 11.7 Å². The molecule has 1 aliphatic heterocycles. The van der Waals surface area contributed by atoms with E-state index in [2.05, 4.69) is 15.2 Å². The van der Waals surface area contributed by atoms with Crippen LogP contribution in [0.2, 0.25) is 0 Å². The van der Waals surface area contributed by atoms with Crippen LogP contribution in [0.1, 0.15) is 40.1 Å². The van der Waals surface area contributed by atoms with Crippen molar-refractivity contribution in [1.29, 1.82) is 0 Å². The predicted molar refractivity (Wildman–Crippen MR) is 86.7 cm³/mol. The van der Waals surface area contributed by atoms with Crippen LogP contribution in [-0.4, -0.2) is 39.1 Å². The topological polar surface area (TPSA) is 85.3 Å². The molecule has 1 amide bonds. The number of hydrogen-bond acceptors (Lipinski definition) is 7. The van der Waals surface area contributed by atoms with Crippen LogP contribution in [0.15, 0.2) is 32.6 Å². The number of rotatable bonds is 3. The molecular formula is C16H16N4O3S. The number of aromatic nitrogens is 3. The lowest BCUT2D eigenvalue weighted by molar-refractivity contribution is 0.0701. The minimum absolute atomic E-state index is 0.000367. The highest BCUT2D eigenvalue weighted by Gasteiger charge is 2.29. The maximum atomic E-state index is 12.4. The fourth-order valence-corrected chi connectivity index (χ4v) is 3.44. The Balaban J connectivity index is 1.40. The van der Waals surface area contributed by atoms with Crippen molar-refractivity contribution in [2.45, 2.75) is 25.7 Å². The molecule has 0 aromatic carbocycles. The van der Waals surface area contributed by atoms with Gasteiger partial charge in [0.1, 0.15) is 5.69 Å². The lowest BCUT2D eigenvalue weighted by Gasteiger charge is -2.29. The van der Waals surface area contributed by atoms with Crippen LogP contribution in [0.5, 0.6) is 0 Å². The van der Waals surface area contributed by atoms with Crippen molar-refractivity contribution < 1.29 is 13.6 Å². The lowest BCUT2D eigenvalue weighted by atomic mass is 9.96. The first-order valence-electron chi connectivity index (χ1n) is 7.79. The highest BCUT2D eigenvalue weighted by atomic mass is 32.1. The molecule has 4 rings (SSSR count). The van der Waals surface area contributed by atoms with E-state index in [0.29, 0.717) is 36.3 Å². The summed E-state index contributed by atoms with van der Waals surface area (Å²) in [5, 5.41) is 10.9. The standard InChI is InChI=1S/C16H16N4O3S/c1-10-17-12(9-24-10)16(21)20-6-4-11(5-7-20)14-18-19-15(23-14)13-3-2-8-22-13/h2-3,8-9,11H,4-7H2,1H3. The molecule has 1 aliphatic rings. The van der Waals surface area contributed by atoms with Crippen LogP contribution < -0.4 is 0 Å². The average molecular weight is 344 g/mol. The molecule has 7 nitrogen and oxygen atoms in total. The van der Waals surface area contributed by atoms with Gasteiger partial charge in [-0.2, -0.15) is 0 Å². The molecule has 3 aromatic rings. The number of amides is 1. The Labute approximate surface area is 142 Å². The van der Waals surface area contributed by atoms with Gasteiger partial charge in [-0.1, -0.05) is 0 Å². The van der Waals surface area contributed by atoms with Crippen LogP contribution in [0, 0.1) is 6.92 Å². The van der Waals surface area contributed by atoms with E-state index in [-0.39, 0.29) is 11.8 Å². The maximum Gasteiger partial charge on any atom is 0.283 e. The van der Waals surface area contributed by atoms with Crippen molar-refractivity contribution in [3.8, 4) is 11.7 Å². The first-order chi connectivity index (χ1) is 11.7. The summed E-state index contributed by atoms with van der Waals surface area (Å²) in [5.41, 5.74) is 0.536. The Bertz CT molecular complexity index is 831. The van der Waals surface area contributed by atoms with Gasteiger partial charge in [0, 0.05) is 24.4 Å². The van der Waals surface area contributed by atoms with E-state index in [1.165, 1.54) is 11.3 Å². The maximum absolute atomic E-state index is 12.4. The molecule has 0 bridgehead atoms. The Hall–Kier alpha value is -2.48. The van der Waals surface area contributed by atoms with E-state index in [1.807, 2.05) is 17.2 Å². The Morgan fingerprint density at radius 1 is 1.33 bits per heavy atom. The summed E-state index contributed by atoms with van der Waals surface area (Å²) in [5.74, 6) is 1.74. The smallest absolute Gasteiger partial charge is 0.283 e. The number of carbonyl (C=O) groups is 1. The summed E-state index contributed by atoms with van der Waals surface area (Å²) in [6.07, 6.45) is 3.17. The number of hydrogen-bond donors (Lipinski definition) is 0. The van der Waals surface area contributed by atoms with Gasteiger partial charge in [-0.3, -0.25) is 4.79 Å². The number of carbonyl (C=O) groups excluding carboxylic acids is 1. The monoisotopic (exact) mass is 344 g/mol. The summed E-state index contributed by atoms with van der Waals surface area (Å²) < 4.78 is 11.0. The Kier molecular flexibility index (Phi) is 3.89. The third-order valence-corrected chi connectivity index (χ3v) is 4.92. The van der Waals surface area contributed by atoms with Gasteiger partial charge >= 0.3 is 0 Å². The molecule has 0 radical (unpaired) electrons. The second kappa shape index (κ2) is 6.20. The summed E-state index contributed by atoms with van der Waals surface area (Å²) in [7, 11) is 0. The Morgan fingerprint density at radius 3 is 2.83 bits per heavy atom. The van der Waals surface area contributed by atoms with Gasteiger partial charge in [0.15, 0.2) is 5.76 Å². The van der Waals surface area contributed by atoms with Crippen LogP contribution in [-0.2, 0) is 0 Å². The summed E-state index contributed by atoms with van der Waals surface area (Å²) in [6, 6.07) is 3.57. The lowest BCUT2D eigenvalue weighted by Crippen LogP contribution is -2.38. The van der Waals surface area contributed by atoms with Gasteiger partial charge in [0.05, 0.1) is 11.3 Å². The van der Waals surface area contributed by atoms with Crippen molar-refractivity contribution in [3.05, 3.63) is 40.4 Å². The molecule has 124 valence electrons. The number of thiazole rings is 1. The molecular weight excluding hydrogens is 328 g/mol. The minimum Gasteiger partial charge on any atom is -0.459 e. The molecule has 4 heterocycles. The first kappa shape index (κ1) is 15.1. The Morgan fingerprint density at radius 2 is 2.17 bits per heavy atom. The van der Waals surface area contributed by atoms with E-state index in [0.717, 1.165) is 17.8 Å². The molecule has 24 heavy (non-hydrogen) atoms. The molecule has 8 heteroatoms. The van der Waals surface area contributed by atoms with Crippen molar-refractivity contribution in [2.24, 2.45) is 0 Å². The van der Waals surface area contributed by atoms with Gasteiger partial charge in [-0.25, -0.2) is 4.98 Å². The normalized spacial score (nSPS) is 15.8. The van der Waals surface area contributed by atoms with E-state index in [9.17, 15) is 4.79 Å². The predicted octanol–water partition coefficient (Wildman–Crippen LogP) is 3.11. The van der Waals surface area contributed by atoms with Gasteiger partial charge in [0.2, 0.25) is 5.89 Å². The van der Waals surface area contributed by atoms with Gasteiger partial charge in [-0.05, 0) is 31.9 Å². The fourth-order valence-electron chi connectivity index (χ4n) is 2.85. The van der Waals surface area contributed by atoms with Crippen LogP contribution in [0.3, 0.4) is 0 Å². The zero-order valence-corrected chi connectivity index (χ0v) is 14.0. The second-order valence-electron chi connectivity index (χ2n) is 5.74. The van der Waals surface area contributed by atoms with E-state index in [4.69, 9.17) is 8.83 Å². The number of likely N-dealkylation sites (tertiary alicyclic amines) is 1. The molecule has 0 spiro atoms. The molecule has 0 N–H and O–H groups in total. The fraction of sp³-hybridized carbons (Fsp3) is 0.375. The number of furan rings is 1. The quantitative estimate of drug-likeness (QED) is 0.726. The van der Waals surface area contributed by atoms with Gasteiger partial charge in [0.25, 0.3) is 11.8 Å². The van der Waals surface area contributed by atoms with E-state index >= 15 is 0 Å². The average Bonchev–Trinajstić information content (AvgIpc) is 3.35. The molecule has 1 fully saturated rings. The zero-order valence-electron chi connectivity index (χ0n) is 13.1. The molecule has 0 unspecified atom stereocenters. The van der Waals surface area contributed by atoms with Crippen molar-refractivity contribution >= 4 is 17.2 Å². The highest BCUT2D eigenvalue weighted by molar-refractivity contribution is 7.09. The number of aryl methyl sites for hydroxylation is 1. The SMILES string of the molecule is Cc1nc(C(=O)N2CCC(c3nnc(-c4ccco4)o3)CC2)cs1. The minimum atomic E-state index is -0.000367. The first-order valence-corrected chi connectivity index (χ1v) is 8.67. The van der Waals surface area contributed by atoms with Gasteiger partial charge in [-0.15, -0.1) is 21.5 Å². The molecule has 0 atom stereocenters. The third kappa shape index (κ3) is 2.84. The third-order valence-electron chi connectivity index (χ3n) is 4.14. The largest absolute Gasteiger partial charge is 0.459 e. The van der Waals surface area contributed by atoms with Crippen molar-refractivity contribution in [1.82, 2.24) is 20.1 Å². The summed E-state index contributed by atoms with van der Waals surface area (Å²) in [4.78, 5) is 18.5. The van der Waals surface area contributed by atoms with Crippen LogP contribution in [0.4, 0.5) is 0 Å². The molecule has 1 saturated heterocycles. The molecule has 0 saturated carbocycles. The number of piperidine rings is 1. The number of nitrogens with zero attached hydrogens (tertiary/aromatic N) is 4. The second-order valence-corrected chi connectivity index (χ2v) is 6.80. The van der Waals surface area contributed by atoms with Crippen molar-refractivity contribution in [2.75, 3.05) is 13.1 Å². The van der Waals surface area contributed by atoms with Crippen LogP contribution >= 0.6 is 11.3 Å². The molecule has 3 aromatic heterocycles. The van der Waals surface area contributed by atoms with E-state index in [1.54, 1.807) is 18.4 Å². The van der Waals surface area contributed by atoms with Gasteiger partial charge < -0.3 is 13.7 Å². The highest BCUT2D eigenvalue weighted by Crippen LogP contribution is 2.30. The molecule has 0 aliphatic carbocycles. The summed E-state index contributed by atoms with van der Waals surface area (Å²) in [6.45, 7) is 3.23.